The monoisotopic (exact) mass is 801 g/mol. The second kappa shape index (κ2) is 19.8. The fourth-order valence-corrected chi connectivity index (χ4v) is 9.45. The lowest BCUT2D eigenvalue weighted by Gasteiger charge is -2.19. The van der Waals surface area contributed by atoms with Gasteiger partial charge in [0.25, 0.3) is 0 Å². The first-order chi connectivity index (χ1) is 29.0. The van der Waals surface area contributed by atoms with Crippen LogP contribution in [0.15, 0.2) is 231 Å². The number of hydrogen-bond donors (Lipinski definition) is 0. The lowest BCUT2D eigenvalue weighted by Crippen LogP contribution is -1.99. The Hall–Kier alpha value is -6.40. The first-order valence-electron chi connectivity index (χ1n) is 19.7. The van der Waals surface area contributed by atoms with Crippen LogP contribution in [0, 0.1) is 0 Å². The van der Waals surface area contributed by atoms with Gasteiger partial charge in [0.15, 0.2) is 0 Å². The normalized spacial score (nSPS) is 13.7. The van der Waals surface area contributed by atoms with Gasteiger partial charge < -0.3 is 4.57 Å². The maximum atomic E-state index is 4.91. The molecule has 5 heteroatoms. The highest BCUT2D eigenvalue weighted by Gasteiger charge is 2.23. The third-order valence-corrected chi connectivity index (χ3v) is 12.4. The Bertz CT molecular complexity index is 2700. The second-order valence-electron chi connectivity index (χ2n) is 13.8. The average molecular weight is 802 g/mol. The molecule has 290 valence electrons. The Labute approximate surface area is 357 Å². The van der Waals surface area contributed by atoms with Crippen molar-refractivity contribution in [3.8, 4) is 5.69 Å². The zero-order valence-electron chi connectivity index (χ0n) is 33.6. The van der Waals surface area contributed by atoms with Gasteiger partial charge in [-0.1, -0.05) is 151 Å². The molecule has 6 aromatic rings. The van der Waals surface area contributed by atoms with E-state index in [9.17, 15) is 0 Å². The van der Waals surface area contributed by atoms with E-state index in [0.29, 0.717) is 0 Å². The minimum atomic E-state index is 0.750. The number of allylic oxidation sites excluding steroid dienone is 11. The largest absolute Gasteiger partial charge is 0.310 e. The van der Waals surface area contributed by atoms with Crippen molar-refractivity contribution in [3.63, 3.8) is 0 Å². The van der Waals surface area contributed by atoms with E-state index < -0.39 is 0 Å². The highest BCUT2D eigenvalue weighted by atomic mass is 32.2. The van der Waals surface area contributed by atoms with E-state index in [2.05, 4.69) is 146 Å². The van der Waals surface area contributed by atoms with Crippen LogP contribution in [0.3, 0.4) is 0 Å². The molecule has 0 aliphatic carbocycles. The standard InChI is InChI=1S/C54H47N3S2/c1-6-19-39(20-7-2)35-49-45(22-9-4)46-36-53-54(59-52-29-17-16-28-51(52)58-53)38-50(46)57(49)44-32-30-41(31-33-44)40(21-8-3)27-18-34-56-48(43-25-14-11-15-26-43)37-47(55-5)42-23-12-10-13-24-42/h6-18,20-21,23-38H,1,4-5,19,22H2,2-3H3/b20-7-,21-8+,34-18-,39-35+,40-27+,47-37-,56-48+. The fourth-order valence-electron chi connectivity index (χ4n) is 7.18. The molecule has 1 aliphatic heterocycles. The number of hydrogen-bond acceptors (Lipinski definition) is 4. The Balaban J connectivity index is 1.29. The van der Waals surface area contributed by atoms with Gasteiger partial charge in [-0.2, -0.15) is 0 Å². The molecule has 5 aromatic carbocycles. The summed E-state index contributed by atoms with van der Waals surface area (Å²) >= 11 is 3.70. The van der Waals surface area contributed by atoms with E-state index in [4.69, 9.17) is 4.99 Å². The van der Waals surface area contributed by atoms with Crippen molar-refractivity contribution in [1.82, 2.24) is 4.57 Å². The predicted molar refractivity (Wildman–Crippen MR) is 258 cm³/mol. The van der Waals surface area contributed by atoms with Gasteiger partial charge in [-0.25, -0.2) is 0 Å². The molecule has 3 nitrogen and oxygen atoms in total. The maximum Gasteiger partial charge on any atom is 0.0723 e. The number of nitrogens with zero attached hydrogens (tertiary/aromatic N) is 3. The molecule has 1 aliphatic rings. The summed E-state index contributed by atoms with van der Waals surface area (Å²) in [6.07, 6.45) is 24.2. The smallest absolute Gasteiger partial charge is 0.0723 e. The van der Waals surface area contributed by atoms with Gasteiger partial charge in [-0.15, -0.1) is 13.2 Å². The molecule has 2 heterocycles. The van der Waals surface area contributed by atoms with Gasteiger partial charge in [0.05, 0.1) is 22.6 Å². The number of rotatable bonds is 15. The predicted octanol–water partition coefficient (Wildman–Crippen LogP) is 15.2. The number of aliphatic imine (C=N–C) groups is 2. The summed E-state index contributed by atoms with van der Waals surface area (Å²) < 4.78 is 2.42. The molecule has 0 bridgehead atoms. The fraction of sp³-hybridized carbons (Fsp3) is 0.0741. The van der Waals surface area contributed by atoms with Crippen molar-refractivity contribution in [1.29, 1.82) is 0 Å². The van der Waals surface area contributed by atoms with Gasteiger partial charge in [0, 0.05) is 48.0 Å². The molecule has 59 heavy (non-hydrogen) atoms. The number of benzene rings is 5. The van der Waals surface area contributed by atoms with Crippen molar-refractivity contribution >= 4 is 64.2 Å². The van der Waals surface area contributed by atoms with Crippen LogP contribution in [-0.2, 0) is 6.42 Å². The van der Waals surface area contributed by atoms with E-state index in [1.165, 1.54) is 41.6 Å². The third kappa shape index (κ3) is 9.50. The summed E-state index contributed by atoms with van der Waals surface area (Å²) in [5.74, 6) is 0. The van der Waals surface area contributed by atoms with Crippen LogP contribution in [0.25, 0.3) is 33.9 Å². The van der Waals surface area contributed by atoms with Crippen molar-refractivity contribution in [2.24, 2.45) is 9.98 Å². The van der Waals surface area contributed by atoms with Crippen LogP contribution in [0.1, 0.15) is 48.2 Å². The molecule has 0 saturated heterocycles. The van der Waals surface area contributed by atoms with Crippen LogP contribution >= 0.6 is 23.5 Å². The van der Waals surface area contributed by atoms with Crippen LogP contribution < -0.4 is 0 Å². The van der Waals surface area contributed by atoms with E-state index in [1.54, 1.807) is 0 Å². The summed E-state index contributed by atoms with van der Waals surface area (Å²) in [5, 5.41) is 1.24. The third-order valence-electron chi connectivity index (χ3n) is 9.86. The number of aromatic nitrogens is 1. The number of fused-ring (bicyclic) bond motifs is 3. The minimum Gasteiger partial charge on any atom is -0.310 e. The topological polar surface area (TPSA) is 29.6 Å². The molecule has 0 fully saturated rings. The van der Waals surface area contributed by atoms with Crippen molar-refractivity contribution in [2.75, 3.05) is 0 Å². The SMILES string of the molecule is C=CCC(/C=C\C)=C\c1c(CC=C)c2cc3c(cc2n1-c1ccc(C(/C=C/C)=C/C=C\N=C(/C=C(\N=C)c2ccccc2)c2ccccc2)cc1)Sc1ccccc1S3. The summed E-state index contributed by atoms with van der Waals surface area (Å²) in [6.45, 7) is 16.2. The van der Waals surface area contributed by atoms with Crippen molar-refractivity contribution in [3.05, 3.63) is 229 Å². The molecular weight excluding hydrogens is 755 g/mol. The molecule has 0 N–H and O–H groups in total. The first-order valence-corrected chi connectivity index (χ1v) is 21.4. The Morgan fingerprint density at radius 1 is 0.695 bits per heavy atom. The van der Waals surface area contributed by atoms with Gasteiger partial charge in [-0.05, 0) is 110 Å². The van der Waals surface area contributed by atoms with E-state index in [1.807, 2.05) is 109 Å². The van der Waals surface area contributed by atoms with E-state index in [0.717, 1.165) is 57.9 Å². The first kappa shape index (κ1) is 40.8. The van der Waals surface area contributed by atoms with Crippen molar-refractivity contribution in [2.45, 2.75) is 46.3 Å². The Morgan fingerprint density at radius 2 is 1.34 bits per heavy atom. The summed E-state index contributed by atoms with van der Waals surface area (Å²) in [4.78, 5) is 14.4. The molecule has 0 atom stereocenters. The molecule has 0 radical (unpaired) electrons. The molecule has 0 unspecified atom stereocenters. The molecule has 0 amide bonds. The van der Waals surface area contributed by atoms with Gasteiger partial charge >= 0.3 is 0 Å². The minimum absolute atomic E-state index is 0.750. The Kier molecular flexibility index (Phi) is 13.7. The van der Waals surface area contributed by atoms with Crippen LogP contribution in [0.4, 0.5) is 0 Å². The average Bonchev–Trinajstić information content (AvgIpc) is 3.55. The van der Waals surface area contributed by atoms with Crippen LogP contribution in [0.5, 0.6) is 0 Å². The zero-order valence-corrected chi connectivity index (χ0v) is 35.2. The molecule has 1 aromatic heterocycles. The van der Waals surface area contributed by atoms with Gasteiger partial charge in [0.2, 0.25) is 0 Å². The lowest BCUT2D eigenvalue weighted by molar-refractivity contribution is 1.07. The van der Waals surface area contributed by atoms with Crippen LogP contribution in [-0.4, -0.2) is 17.0 Å². The highest BCUT2D eigenvalue weighted by Crippen LogP contribution is 2.50. The van der Waals surface area contributed by atoms with E-state index >= 15 is 0 Å². The highest BCUT2D eigenvalue weighted by molar-refractivity contribution is 8.05. The second-order valence-corrected chi connectivity index (χ2v) is 16.0. The van der Waals surface area contributed by atoms with E-state index in [-0.39, 0.29) is 0 Å². The summed E-state index contributed by atoms with van der Waals surface area (Å²) in [6, 6.07) is 42.5. The van der Waals surface area contributed by atoms with Crippen LogP contribution in [0.2, 0.25) is 0 Å². The van der Waals surface area contributed by atoms with Gasteiger partial charge in [0.1, 0.15) is 0 Å². The lowest BCUT2D eigenvalue weighted by atomic mass is 10.0. The summed E-state index contributed by atoms with van der Waals surface area (Å²) in [5.41, 5.74) is 11.6. The Morgan fingerprint density at radius 3 is 1.97 bits per heavy atom. The van der Waals surface area contributed by atoms with Gasteiger partial charge in [-0.3, -0.25) is 9.98 Å². The zero-order chi connectivity index (χ0) is 41.0. The van der Waals surface area contributed by atoms with Crippen molar-refractivity contribution < 1.29 is 0 Å². The molecule has 0 spiro atoms. The molecular formula is C54H47N3S2. The molecule has 0 saturated carbocycles. The summed E-state index contributed by atoms with van der Waals surface area (Å²) in [7, 11) is 0. The quantitative estimate of drug-likeness (QED) is 0.0587. The molecule has 7 rings (SSSR count). The maximum absolute atomic E-state index is 4.91.